The fourth-order valence-corrected chi connectivity index (χ4v) is 5.32. The van der Waals surface area contributed by atoms with Gasteiger partial charge in [-0.25, -0.2) is 4.98 Å². The second kappa shape index (κ2) is 7.83. The topological polar surface area (TPSA) is 55.5 Å². The molecule has 1 N–H and O–H groups in total. The minimum atomic E-state index is -1.38. The first-order valence-corrected chi connectivity index (χ1v) is 11.9. The predicted molar refractivity (Wildman–Crippen MR) is 131 cm³/mol. The molecule has 172 valence electrons. The molecule has 0 saturated carbocycles. The van der Waals surface area contributed by atoms with E-state index < -0.39 is 5.60 Å². The van der Waals surface area contributed by atoms with Gasteiger partial charge in [-0.15, -0.1) is 0 Å². The molecule has 0 unspecified atom stereocenters. The summed E-state index contributed by atoms with van der Waals surface area (Å²) in [6.07, 6.45) is 3.74. The predicted octanol–water partition coefficient (Wildman–Crippen LogP) is 4.69. The van der Waals surface area contributed by atoms with Crippen LogP contribution in [0, 0.1) is 0 Å². The Morgan fingerprint density at radius 2 is 1.68 bits per heavy atom. The Labute approximate surface area is 199 Å². The van der Waals surface area contributed by atoms with E-state index in [1.165, 1.54) is 11.1 Å². The van der Waals surface area contributed by atoms with Crippen LogP contribution in [0.3, 0.4) is 0 Å². The van der Waals surface area contributed by atoms with Gasteiger partial charge in [-0.3, -0.25) is 0 Å². The van der Waals surface area contributed by atoms with Crippen LogP contribution < -0.4 is 4.74 Å². The first-order chi connectivity index (χ1) is 16.4. The van der Waals surface area contributed by atoms with Crippen LogP contribution in [0.25, 0.3) is 11.1 Å². The van der Waals surface area contributed by atoms with Gasteiger partial charge in [0.1, 0.15) is 12.3 Å². The fourth-order valence-electron chi connectivity index (χ4n) is 5.32. The first kappa shape index (κ1) is 21.1. The van der Waals surface area contributed by atoms with E-state index in [0.717, 1.165) is 64.2 Å². The first-order valence-electron chi connectivity index (χ1n) is 11.9. The van der Waals surface area contributed by atoms with Gasteiger partial charge in [0.2, 0.25) is 5.89 Å². The summed E-state index contributed by atoms with van der Waals surface area (Å²) in [4.78, 5) is 4.57. The third kappa shape index (κ3) is 3.44. The molecule has 3 aromatic carbocycles. The smallest absolute Gasteiger partial charge is 0.236 e. The van der Waals surface area contributed by atoms with Gasteiger partial charge in [-0.1, -0.05) is 60.7 Å². The lowest BCUT2D eigenvalue weighted by molar-refractivity contribution is -0.904. The Bertz CT molecular complexity index is 1330. The Balaban J connectivity index is 1.23. The molecule has 5 heteroatoms. The molecule has 5 nitrogen and oxygen atoms in total. The fraction of sp³-hybridized carbons (Fsp3) is 0.276. The lowest BCUT2D eigenvalue weighted by Gasteiger charge is -2.29. The van der Waals surface area contributed by atoms with Crippen molar-refractivity contribution in [2.75, 3.05) is 27.2 Å². The molecule has 0 saturated heterocycles. The van der Waals surface area contributed by atoms with E-state index in [0.29, 0.717) is 12.4 Å². The van der Waals surface area contributed by atoms with Gasteiger partial charge in [-0.05, 0) is 28.3 Å². The Morgan fingerprint density at radius 3 is 2.41 bits per heavy atom. The molecule has 0 amide bonds. The van der Waals surface area contributed by atoms with Crippen LogP contribution in [0.4, 0.5) is 0 Å². The van der Waals surface area contributed by atoms with Crippen molar-refractivity contribution in [3.05, 3.63) is 107 Å². The summed E-state index contributed by atoms with van der Waals surface area (Å²) in [6, 6.07) is 22.4. The molecule has 1 aromatic heterocycles. The van der Waals surface area contributed by atoms with E-state index in [1.807, 2.05) is 48.5 Å². The number of aromatic nitrogens is 1. The van der Waals surface area contributed by atoms with Crippen LogP contribution in [0.1, 0.15) is 33.9 Å². The maximum Gasteiger partial charge on any atom is 0.236 e. The van der Waals surface area contributed by atoms with E-state index in [-0.39, 0.29) is 0 Å². The molecule has 0 atom stereocenters. The van der Waals surface area contributed by atoms with Crippen LogP contribution in [0.5, 0.6) is 5.75 Å². The number of ether oxygens (including phenoxy) is 1. The number of oxazole rings is 1. The van der Waals surface area contributed by atoms with Crippen molar-refractivity contribution in [2.45, 2.75) is 25.0 Å². The second-order valence-electron chi connectivity index (χ2n) is 10.0. The zero-order valence-corrected chi connectivity index (χ0v) is 19.6. The molecular formula is C29H29N2O3+. The van der Waals surface area contributed by atoms with Gasteiger partial charge in [-0.2, -0.15) is 0 Å². The second-order valence-corrected chi connectivity index (χ2v) is 10.0. The normalized spacial score (nSPS) is 15.5. The molecule has 1 aliphatic carbocycles. The highest BCUT2D eigenvalue weighted by atomic mass is 16.5. The van der Waals surface area contributed by atoms with Crippen LogP contribution in [-0.4, -0.2) is 41.8 Å². The molecule has 2 heterocycles. The van der Waals surface area contributed by atoms with E-state index >= 15 is 0 Å². The third-order valence-electron chi connectivity index (χ3n) is 7.13. The molecule has 0 radical (unpaired) electrons. The highest BCUT2D eigenvalue weighted by Gasteiger charge is 2.46. The average molecular weight is 454 g/mol. The molecule has 0 spiro atoms. The van der Waals surface area contributed by atoms with Crippen molar-refractivity contribution in [2.24, 2.45) is 0 Å². The van der Waals surface area contributed by atoms with Gasteiger partial charge in [0.15, 0.2) is 11.4 Å². The molecule has 2 aliphatic rings. The minimum Gasteiger partial charge on any atom is -0.493 e. The van der Waals surface area contributed by atoms with Crippen LogP contribution in [-0.2, 0) is 25.0 Å². The molecule has 6 rings (SSSR count). The van der Waals surface area contributed by atoms with Crippen molar-refractivity contribution in [1.29, 1.82) is 0 Å². The molecule has 34 heavy (non-hydrogen) atoms. The summed E-state index contributed by atoms with van der Waals surface area (Å²) in [5.41, 5.74) is 4.95. The maximum atomic E-state index is 11.9. The number of hydrogen-bond donors (Lipinski definition) is 1. The van der Waals surface area contributed by atoms with Crippen molar-refractivity contribution >= 4 is 0 Å². The van der Waals surface area contributed by atoms with E-state index in [2.05, 4.69) is 37.3 Å². The monoisotopic (exact) mass is 453 g/mol. The standard InChI is InChI=1S/C29H29N2O3/c1-31(2,15-13-20-11-12-27-21(17-20)14-16-33-27)19-22-18-30-28(34-22)29(32)25-9-5-3-7-23(25)24-8-4-6-10-26(24)29/h3-12,17-18,32H,13-16,19H2,1-2H3/q+1. The average Bonchev–Trinajstić information content (AvgIpc) is 3.56. The van der Waals surface area contributed by atoms with E-state index in [4.69, 9.17) is 9.15 Å². The highest BCUT2D eigenvalue weighted by Crippen LogP contribution is 2.50. The number of quaternary nitrogens is 1. The van der Waals surface area contributed by atoms with Gasteiger partial charge in [0, 0.05) is 24.0 Å². The quantitative estimate of drug-likeness (QED) is 0.430. The Hall–Kier alpha value is -3.41. The number of hydrogen-bond acceptors (Lipinski definition) is 4. The largest absolute Gasteiger partial charge is 0.493 e. The lowest BCUT2D eigenvalue weighted by Crippen LogP contribution is -2.40. The number of aliphatic hydroxyl groups is 1. The van der Waals surface area contributed by atoms with Gasteiger partial charge in [0.25, 0.3) is 0 Å². The highest BCUT2D eigenvalue weighted by molar-refractivity contribution is 5.81. The molecular weight excluding hydrogens is 424 g/mol. The SMILES string of the molecule is C[N+](C)(CCc1ccc2c(c1)CCO2)Cc1cnc(C2(O)c3ccccc3-c3ccccc32)o1. The number of nitrogens with zero attached hydrogens (tertiary/aromatic N) is 2. The van der Waals surface area contributed by atoms with Gasteiger partial charge < -0.3 is 18.7 Å². The van der Waals surface area contributed by atoms with Gasteiger partial charge in [0.05, 0.1) is 33.4 Å². The zero-order valence-electron chi connectivity index (χ0n) is 19.6. The Morgan fingerprint density at radius 1 is 0.971 bits per heavy atom. The van der Waals surface area contributed by atoms with E-state index in [1.54, 1.807) is 6.20 Å². The van der Waals surface area contributed by atoms with Crippen molar-refractivity contribution in [3.63, 3.8) is 0 Å². The Kier molecular flexibility index (Phi) is 4.87. The van der Waals surface area contributed by atoms with Crippen molar-refractivity contribution in [3.8, 4) is 16.9 Å². The van der Waals surface area contributed by atoms with Crippen molar-refractivity contribution in [1.82, 2.24) is 4.98 Å². The summed E-state index contributed by atoms with van der Waals surface area (Å²) in [6.45, 7) is 2.45. The third-order valence-corrected chi connectivity index (χ3v) is 7.13. The van der Waals surface area contributed by atoms with Crippen LogP contribution in [0.2, 0.25) is 0 Å². The number of fused-ring (bicyclic) bond motifs is 4. The number of rotatable bonds is 6. The van der Waals surface area contributed by atoms with E-state index in [9.17, 15) is 5.11 Å². The van der Waals surface area contributed by atoms with Crippen molar-refractivity contribution < 1.29 is 18.7 Å². The number of likely N-dealkylation sites (N-methyl/N-ethyl adjacent to an activating group) is 1. The van der Waals surface area contributed by atoms with Gasteiger partial charge >= 0.3 is 0 Å². The molecule has 1 aliphatic heterocycles. The minimum absolute atomic E-state index is 0.332. The summed E-state index contributed by atoms with van der Waals surface area (Å²) >= 11 is 0. The summed E-state index contributed by atoms with van der Waals surface area (Å²) < 4.78 is 12.6. The zero-order chi connectivity index (χ0) is 23.3. The number of benzene rings is 3. The summed E-state index contributed by atoms with van der Waals surface area (Å²) in [5.74, 6) is 2.14. The van der Waals surface area contributed by atoms with Crippen LogP contribution in [0.15, 0.2) is 77.3 Å². The molecule has 0 bridgehead atoms. The maximum absolute atomic E-state index is 11.9. The molecule has 4 aromatic rings. The summed E-state index contributed by atoms with van der Waals surface area (Å²) in [5, 5.41) is 11.9. The van der Waals surface area contributed by atoms with Crippen LogP contribution >= 0.6 is 0 Å². The molecule has 0 fully saturated rings. The summed E-state index contributed by atoms with van der Waals surface area (Å²) in [7, 11) is 4.40. The lowest BCUT2D eigenvalue weighted by atomic mass is 9.91.